The minimum atomic E-state index is -4.78. The molecule has 204 valence electrons. The lowest BCUT2D eigenvalue weighted by atomic mass is 10.1. The van der Waals surface area contributed by atoms with Gasteiger partial charge in [0.1, 0.15) is 12.6 Å². The lowest BCUT2D eigenvalue weighted by molar-refractivity contribution is -0.140. The topological polar surface area (TPSA) is 86.8 Å². The summed E-state index contributed by atoms with van der Waals surface area (Å²) in [5.74, 6) is -1.35. The number of anilines is 1. The molecule has 14 heteroatoms. The van der Waals surface area contributed by atoms with Gasteiger partial charge in [-0.15, -0.1) is 0 Å². The smallest absolute Gasteiger partial charge is 0.355 e. The van der Waals surface area contributed by atoms with Crippen molar-refractivity contribution in [2.24, 2.45) is 0 Å². The Bertz CT molecular complexity index is 1260. The average molecular weight is 603 g/mol. The molecule has 37 heavy (non-hydrogen) atoms. The van der Waals surface area contributed by atoms with Crippen LogP contribution in [0.4, 0.5) is 18.9 Å². The second kappa shape index (κ2) is 12.6. The molecule has 1 atom stereocenters. The lowest BCUT2D eigenvalue weighted by Crippen LogP contribution is -2.52. The largest absolute Gasteiger partial charge is 0.416 e. The lowest BCUT2D eigenvalue weighted by Gasteiger charge is -2.33. The molecule has 0 aliphatic heterocycles. The maximum atomic E-state index is 13.6. The van der Waals surface area contributed by atoms with Crippen molar-refractivity contribution < 1.29 is 31.2 Å². The van der Waals surface area contributed by atoms with E-state index in [0.29, 0.717) is 27.0 Å². The predicted octanol–water partition coefficient (Wildman–Crippen LogP) is 5.38. The summed E-state index contributed by atoms with van der Waals surface area (Å²) in [6.07, 6.45) is -3.89. The summed E-state index contributed by atoms with van der Waals surface area (Å²) in [6.45, 7) is 2.50. The van der Waals surface area contributed by atoms with Gasteiger partial charge in [-0.05, 0) is 49.2 Å². The third-order valence-corrected chi connectivity index (χ3v) is 7.35. The van der Waals surface area contributed by atoms with Gasteiger partial charge in [-0.1, -0.05) is 47.8 Å². The van der Waals surface area contributed by atoms with Gasteiger partial charge in [0.15, 0.2) is 0 Å². The van der Waals surface area contributed by atoms with Crippen LogP contribution in [0.1, 0.15) is 31.4 Å². The second-order valence-electron chi connectivity index (χ2n) is 8.01. The van der Waals surface area contributed by atoms with Crippen LogP contribution in [0.5, 0.6) is 0 Å². The molecule has 0 spiro atoms. The van der Waals surface area contributed by atoms with Crippen molar-refractivity contribution >= 4 is 62.3 Å². The first-order valence-corrected chi connectivity index (χ1v) is 13.9. The number of nitrogens with one attached hydrogen (secondary N) is 1. The van der Waals surface area contributed by atoms with Crippen LogP contribution < -0.4 is 9.62 Å². The van der Waals surface area contributed by atoms with Crippen LogP contribution in [-0.4, -0.2) is 50.5 Å². The molecule has 2 aromatic carbocycles. The van der Waals surface area contributed by atoms with Gasteiger partial charge < -0.3 is 10.2 Å². The number of benzene rings is 2. The highest BCUT2D eigenvalue weighted by Crippen LogP contribution is 2.36. The Morgan fingerprint density at radius 1 is 1.03 bits per heavy atom. The minimum absolute atomic E-state index is 0.159. The third-order valence-electron chi connectivity index (χ3n) is 5.31. The Balaban J connectivity index is 2.57. The number of hydrogen-bond acceptors (Lipinski definition) is 4. The third kappa shape index (κ3) is 8.13. The molecule has 7 nitrogen and oxygen atoms in total. The normalized spacial score (nSPS) is 12.7. The fourth-order valence-electron chi connectivity index (χ4n) is 3.52. The number of hydrogen-bond donors (Lipinski definition) is 1. The van der Waals surface area contributed by atoms with Crippen molar-refractivity contribution in [2.75, 3.05) is 23.7 Å². The summed E-state index contributed by atoms with van der Waals surface area (Å²) in [6, 6.07) is 5.65. The first-order chi connectivity index (χ1) is 17.1. The molecule has 0 aliphatic rings. The Kier molecular flexibility index (Phi) is 10.5. The van der Waals surface area contributed by atoms with E-state index in [2.05, 4.69) is 5.32 Å². The van der Waals surface area contributed by atoms with E-state index in [1.54, 1.807) is 19.9 Å². The summed E-state index contributed by atoms with van der Waals surface area (Å²) in [5, 5.41) is 2.86. The number of rotatable bonds is 10. The van der Waals surface area contributed by atoms with Crippen molar-refractivity contribution in [2.45, 2.75) is 39.0 Å². The van der Waals surface area contributed by atoms with Gasteiger partial charge in [0, 0.05) is 23.1 Å². The Labute approximate surface area is 228 Å². The summed E-state index contributed by atoms with van der Waals surface area (Å²) < 4.78 is 65.7. The number of amides is 2. The fourth-order valence-corrected chi connectivity index (χ4v) is 5.11. The molecule has 0 heterocycles. The zero-order chi connectivity index (χ0) is 28.1. The van der Waals surface area contributed by atoms with Crippen LogP contribution in [0.3, 0.4) is 0 Å². The molecular weight excluding hydrogens is 578 g/mol. The first kappa shape index (κ1) is 31.0. The number of carbonyl (C=O) groups excluding carboxylic acids is 2. The van der Waals surface area contributed by atoms with Crippen LogP contribution in [0.15, 0.2) is 36.4 Å². The molecular formula is C23H25Cl3F3N3O4S. The molecule has 1 N–H and O–H groups in total. The van der Waals surface area contributed by atoms with Crippen molar-refractivity contribution in [3.63, 3.8) is 0 Å². The maximum absolute atomic E-state index is 13.6. The van der Waals surface area contributed by atoms with E-state index in [-0.39, 0.29) is 29.6 Å². The summed E-state index contributed by atoms with van der Waals surface area (Å²) in [7, 11) is -4.29. The van der Waals surface area contributed by atoms with E-state index in [0.717, 1.165) is 17.2 Å². The number of alkyl halides is 3. The minimum Gasteiger partial charge on any atom is -0.355 e. The Hall–Kier alpha value is -2.21. The molecule has 2 amide bonds. The van der Waals surface area contributed by atoms with Crippen molar-refractivity contribution in [3.8, 4) is 0 Å². The molecule has 0 bridgehead atoms. The average Bonchev–Trinajstić information content (AvgIpc) is 2.77. The number of likely N-dealkylation sites (N-methyl/N-ethyl adjacent to an activating group) is 1. The van der Waals surface area contributed by atoms with Crippen molar-refractivity contribution in [1.82, 2.24) is 10.2 Å². The van der Waals surface area contributed by atoms with Gasteiger partial charge in [-0.3, -0.25) is 13.9 Å². The Morgan fingerprint density at radius 2 is 1.68 bits per heavy atom. The van der Waals surface area contributed by atoms with E-state index in [1.807, 2.05) is 0 Å². The molecule has 0 radical (unpaired) electrons. The highest BCUT2D eigenvalue weighted by atomic mass is 35.5. The van der Waals surface area contributed by atoms with Gasteiger partial charge in [0.05, 0.1) is 22.5 Å². The molecule has 2 aromatic rings. The molecule has 0 aliphatic carbocycles. The van der Waals surface area contributed by atoms with Gasteiger partial charge in [0.2, 0.25) is 21.8 Å². The van der Waals surface area contributed by atoms with E-state index >= 15 is 0 Å². The number of sulfonamides is 1. The highest BCUT2D eigenvalue weighted by molar-refractivity contribution is 7.92. The van der Waals surface area contributed by atoms with Crippen LogP contribution in [0.25, 0.3) is 0 Å². The highest BCUT2D eigenvalue weighted by Gasteiger charge is 2.35. The van der Waals surface area contributed by atoms with Crippen LogP contribution in [-0.2, 0) is 32.3 Å². The maximum Gasteiger partial charge on any atom is 0.416 e. The van der Waals surface area contributed by atoms with Crippen molar-refractivity contribution in [1.29, 1.82) is 0 Å². The molecule has 0 aromatic heterocycles. The monoisotopic (exact) mass is 601 g/mol. The molecule has 0 saturated carbocycles. The van der Waals surface area contributed by atoms with Gasteiger partial charge >= 0.3 is 6.18 Å². The molecule has 0 unspecified atom stereocenters. The van der Waals surface area contributed by atoms with E-state index in [4.69, 9.17) is 34.8 Å². The number of nitrogens with zero attached hydrogens (tertiary/aromatic N) is 2. The van der Waals surface area contributed by atoms with Crippen LogP contribution in [0.2, 0.25) is 15.1 Å². The molecule has 0 saturated heterocycles. The van der Waals surface area contributed by atoms with Gasteiger partial charge in [0.25, 0.3) is 0 Å². The molecule has 2 rings (SSSR count). The van der Waals surface area contributed by atoms with Crippen LogP contribution in [0, 0.1) is 0 Å². The SMILES string of the molecule is CCNC(=O)[C@H](CC)N(Cc1ccc(Cl)cc1Cl)C(=O)CN(c1cc(C(F)(F)F)ccc1Cl)S(C)(=O)=O. The fraction of sp³-hybridized carbons (Fsp3) is 0.391. The number of carbonyl (C=O) groups is 2. The quantitative estimate of drug-likeness (QED) is 0.396. The van der Waals surface area contributed by atoms with E-state index in [9.17, 15) is 31.2 Å². The van der Waals surface area contributed by atoms with Crippen LogP contribution >= 0.6 is 34.8 Å². The summed E-state index contributed by atoms with van der Waals surface area (Å²) in [5.41, 5.74) is -1.25. The zero-order valence-electron chi connectivity index (χ0n) is 20.1. The standard InChI is InChI=1S/C23H25Cl3F3N3O4S/c1-4-19(22(34)30-5-2)31(12-14-6-8-16(24)11-18(14)26)21(33)13-32(37(3,35)36)20-10-15(23(27,28)29)7-9-17(20)25/h6-11,19H,4-5,12-13H2,1-3H3,(H,30,34)/t19-/m0/s1. The summed E-state index contributed by atoms with van der Waals surface area (Å²) in [4.78, 5) is 27.5. The molecule has 0 fully saturated rings. The predicted molar refractivity (Wildman–Crippen MR) is 138 cm³/mol. The first-order valence-electron chi connectivity index (χ1n) is 11.0. The van der Waals surface area contributed by atoms with E-state index in [1.165, 1.54) is 12.1 Å². The van der Waals surface area contributed by atoms with Crippen molar-refractivity contribution in [3.05, 3.63) is 62.6 Å². The van der Waals surface area contributed by atoms with Gasteiger partial charge in [-0.25, -0.2) is 8.42 Å². The summed E-state index contributed by atoms with van der Waals surface area (Å²) >= 11 is 18.3. The second-order valence-corrected chi connectivity index (χ2v) is 11.2. The van der Waals surface area contributed by atoms with Gasteiger partial charge in [-0.2, -0.15) is 13.2 Å². The Morgan fingerprint density at radius 3 is 2.19 bits per heavy atom. The zero-order valence-corrected chi connectivity index (χ0v) is 23.2. The van der Waals surface area contributed by atoms with E-state index < -0.39 is 51.9 Å². The number of halogens is 6.